The van der Waals surface area contributed by atoms with E-state index in [0.29, 0.717) is 40.8 Å². The van der Waals surface area contributed by atoms with Gasteiger partial charge in [0.1, 0.15) is 28.7 Å². The van der Waals surface area contributed by atoms with Crippen LogP contribution in [0.2, 0.25) is 0 Å². The van der Waals surface area contributed by atoms with Gasteiger partial charge in [0.25, 0.3) is 0 Å². The Hall–Kier alpha value is -3.34. The van der Waals surface area contributed by atoms with Gasteiger partial charge in [0, 0.05) is 25.0 Å². The second-order valence-corrected chi connectivity index (χ2v) is 6.59. The lowest BCUT2D eigenvalue weighted by Gasteiger charge is -2.14. The smallest absolute Gasteiger partial charge is 0.122 e. The first-order chi connectivity index (χ1) is 12.9. The summed E-state index contributed by atoms with van der Waals surface area (Å²) in [6.07, 6.45) is 0.680. The van der Waals surface area contributed by atoms with Crippen molar-refractivity contribution in [3.05, 3.63) is 76.3 Å². The van der Waals surface area contributed by atoms with Gasteiger partial charge in [-0.25, -0.2) is 0 Å². The summed E-state index contributed by atoms with van der Waals surface area (Å²) in [5, 5.41) is 40.4. The first-order valence-corrected chi connectivity index (χ1v) is 8.55. The Morgan fingerprint density at radius 3 is 1.78 bits per heavy atom. The molecule has 0 radical (unpaired) electrons. The van der Waals surface area contributed by atoms with Gasteiger partial charge in [0.2, 0.25) is 0 Å². The minimum Gasteiger partial charge on any atom is -0.508 e. The van der Waals surface area contributed by atoms with Crippen molar-refractivity contribution in [2.75, 3.05) is 7.11 Å². The van der Waals surface area contributed by atoms with Crippen LogP contribution < -0.4 is 4.74 Å². The topological polar surface area (TPSA) is 90.2 Å². The molecule has 0 fully saturated rings. The van der Waals surface area contributed by atoms with E-state index in [2.05, 4.69) is 0 Å². The van der Waals surface area contributed by atoms with Crippen LogP contribution in [-0.4, -0.2) is 27.5 Å². The van der Waals surface area contributed by atoms with Crippen LogP contribution in [0.5, 0.6) is 28.7 Å². The van der Waals surface area contributed by atoms with Crippen LogP contribution >= 0.6 is 0 Å². The highest BCUT2D eigenvalue weighted by Crippen LogP contribution is 2.34. The molecule has 0 aliphatic rings. The highest BCUT2D eigenvalue weighted by molar-refractivity contribution is 5.51. The van der Waals surface area contributed by atoms with Crippen LogP contribution in [0.25, 0.3) is 0 Å². The maximum Gasteiger partial charge on any atom is 0.122 e. The van der Waals surface area contributed by atoms with E-state index in [1.807, 2.05) is 19.1 Å². The SMILES string of the molecule is COc1ccc(Cc2cc(C)cc(Cc3ccc(O)cc3O)c2O)c(O)c1. The van der Waals surface area contributed by atoms with Crippen molar-refractivity contribution in [2.45, 2.75) is 19.8 Å². The second-order valence-electron chi connectivity index (χ2n) is 6.59. The molecule has 27 heavy (non-hydrogen) atoms. The molecule has 3 rings (SSSR count). The fourth-order valence-corrected chi connectivity index (χ4v) is 3.14. The number of phenolic OH excluding ortho intramolecular Hbond substituents is 4. The zero-order valence-electron chi connectivity index (χ0n) is 15.2. The van der Waals surface area contributed by atoms with Crippen LogP contribution in [0.1, 0.15) is 27.8 Å². The third-order valence-electron chi connectivity index (χ3n) is 4.54. The first kappa shape index (κ1) is 18.5. The number of aryl methyl sites for hydroxylation is 1. The number of hydrogen-bond acceptors (Lipinski definition) is 5. The molecule has 140 valence electrons. The minimum absolute atomic E-state index is 0.0135. The van der Waals surface area contributed by atoms with Crippen LogP contribution in [0.4, 0.5) is 0 Å². The van der Waals surface area contributed by atoms with Gasteiger partial charge in [-0.05, 0) is 41.3 Å². The molecule has 0 bridgehead atoms. The number of phenols is 4. The summed E-state index contributed by atoms with van der Waals surface area (Å²) in [6.45, 7) is 1.93. The van der Waals surface area contributed by atoms with Crippen molar-refractivity contribution in [2.24, 2.45) is 0 Å². The molecular weight excluding hydrogens is 344 g/mol. The van der Waals surface area contributed by atoms with E-state index in [0.717, 1.165) is 5.56 Å². The zero-order chi connectivity index (χ0) is 19.6. The van der Waals surface area contributed by atoms with Gasteiger partial charge >= 0.3 is 0 Å². The Morgan fingerprint density at radius 1 is 0.704 bits per heavy atom. The van der Waals surface area contributed by atoms with Gasteiger partial charge in [0.15, 0.2) is 0 Å². The zero-order valence-corrected chi connectivity index (χ0v) is 15.2. The second kappa shape index (κ2) is 7.50. The molecule has 0 heterocycles. The first-order valence-electron chi connectivity index (χ1n) is 8.55. The average Bonchev–Trinajstić information content (AvgIpc) is 2.62. The molecule has 3 aromatic carbocycles. The van der Waals surface area contributed by atoms with Crippen LogP contribution in [0, 0.1) is 6.92 Å². The van der Waals surface area contributed by atoms with Gasteiger partial charge in [-0.3, -0.25) is 0 Å². The molecule has 0 aromatic heterocycles. The highest BCUT2D eigenvalue weighted by Gasteiger charge is 2.14. The predicted octanol–water partition coefficient (Wildman–Crippen LogP) is 4.01. The number of ether oxygens (including phenoxy) is 1. The standard InChI is InChI=1S/C22H22O5/c1-13-7-16(9-14-3-5-18(23)11-20(14)24)22(26)17(8-13)10-15-4-6-19(27-2)12-21(15)25/h3-8,11-12,23-26H,9-10H2,1-2H3. The number of hydrogen-bond donors (Lipinski definition) is 4. The molecule has 0 spiro atoms. The van der Waals surface area contributed by atoms with Crippen molar-refractivity contribution >= 4 is 0 Å². The summed E-state index contributed by atoms with van der Waals surface area (Å²) in [5.74, 6) is 0.759. The van der Waals surface area contributed by atoms with Crippen molar-refractivity contribution in [1.82, 2.24) is 0 Å². The average molecular weight is 366 g/mol. The fourth-order valence-electron chi connectivity index (χ4n) is 3.14. The number of aromatic hydroxyl groups is 4. The largest absolute Gasteiger partial charge is 0.508 e. The molecular formula is C22H22O5. The summed E-state index contributed by atoms with van der Waals surface area (Å²) in [6, 6.07) is 13.2. The maximum atomic E-state index is 10.7. The molecule has 0 unspecified atom stereocenters. The van der Waals surface area contributed by atoms with E-state index >= 15 is 0 Å². The Balaban J connectivity index is 1.93. The van der Waals surface area contributed by atoms with Crippen molar-refractivity contribution < 1.29 is 25.2 Å². The number of methoxy groups -OCH3 is 1. The molecule has 0 saturated carbocycles. The van der Waals surface area contributed by atoms with E-state index in [1.54, 1.807) is 18.2 Å². The van der Waals surface area contributed by atoms with Crippen molar-refractivity contribution in [3.8, 4) is 28.7 Å². The van der Waals surface area contributed by atoms with E-state index < -0.39 is 0 Å². The summed E-state index contributed by atoms with van der Waals surface area (Å²) in [4.78, 5) is 0. The van der Waals surface area contributed by atoms with Crippen LogP contribution in [-0.2, 0) is 12.8 Å². The van der Waals surface area contributed by atoms with Gasteiger partial charge in [-0.1, -0.05) is 29.8 Å². The lowest BCUT2D eigenvalue weighted by atomic mass is 9.94. The molecule has 0 saturated heterocycles. The van der Waals surface area contributed by atoms with Gasteiger partial charge in [-0.15, -0.1) is 0 Å². The number of benzene rings is 3. The van der Waals surface area contributed by atoms with Gasteiger partial charge in [-0.2, -0.15) is 0 Å². The van der Waals surface area contributed by atoms with Crippen molar-refractivity contribution in [1.29, 1.82) is 0 Å². The van der Waals surface area contributed by atoms with E-state index in [4.69, 9.17) is 4.74 Å². The van der Waals surface area contributed by atoms with Crippen molar-refractivity contribution in [3.63, 3.8) is 0 Å². The van der Waals surface area contributed by atoms with E-state index in [9.17, 15) is 20.4 Å². The molecule has 5 heteroatoms. The molecule has 3 aromatic rings. The summed E-state index contributed by atoms with van der Waals surface area (Å²) < 4.78 is 5.10. The van der Waals surface area contributed by atoms with E-state index in [-0.39, 0.29) is 23.0 Å². The molecule has 0 atom stereocenters. The summed E-state index contributed by atoms with van der Waals surface area (Å²) >= 11 is 0. The van der Waals surface area contributed by atoms with Crippen LogP contribution in [0.3, 0.4) is 0 Å². The summed E-state index contributed by atoms with van der Waals surface area (Å²) in [5.41, 5.74) is 3.59. The normalized spacial score (nSPS) is 10.7. The number of rotatable bonds is 5. The van der Waals surface area contributed by atoms with Gasteiger partial charge < -0.3 is 25.2 Å². The molecule has 0 aliphatic carbocycles. The third-order valence-corrected chi connectivity index (χ3v) is 4.54. The highest BCUT2D eigenvalue weighted by atomic mass is 16.5. The molecule has 4 N–H and O–H groups in total. The van der Waals surface area contributed by atoms with E-state index in [1.165, 1.54) is 25.3 Å². The lowest BCUT2D eigenvalue weighted by molar-refractivity contribution is 0.406. The Kier molecular flexibility index (Phi) is 5.12. The fraction of sp³-hybridized carbons (Fsp3) is 0.182. The molecule has 5 nitrogen and oxygen atoms in total. The lowest BCUT2D eigenvalue weighted by Crippen LogP contribution is -1.97. The van der Waals surface area contributed by atoms with Crippen LogP contribution in [0.15, 0.2) is 48.5 Å². The van der Waals surface area contributed by atoms with Gasteiger partial charge in [0.05, 0.1) is 7.11 Å². The Labute approximate surface area is 157 Å². The third kappa shape index (κ3) is 4.08. The maximum absolute atomic E-state index is 10.7. The quantitative estimate of drug-likeness (QED) is 0.548. The molecule has 0 amide bonds. The minimum atomic E-state index is -0.0229. The predicted molar refractivity (Wildman–Crippen MR) is 103 cm³/mol. The Bertz CT molecular complexity index is 979. The molecule has 0 aliphatic heterocycles. The monoisotopic (exact) mass is 366 g/mol. The Morgan fingerprint density at radius 2 is 1.26 bits per heavy atom. The summed E-state index contributed by atoms with van der Waals surface area (Å²) in [7, 11) is 1.53.